The number of aliphatic carboxylic acids is 2. The Morgan fingerprint density at radius 2 is 0.882 bits per heavy atom. The lowest BCUT2D eigenvalue weighted by atomic mass is 9.84. The first-order valence-electron chi connectivity index (χ1n) is 17.3. The zero-order valence-electron chi connectivity index (χ0n) is 28.9. The first kappa shape index (κ1) is 36.6. The van der Waals surface area contributed by atoms with Gasteiger partial charge in [0.25, 0.3) is 0 Å². The second-order valence-electron chi connectivity index (χ2n) is 12.8. The summed E-state index contributed by atoms with van der Waals surface area (Å²) in [6.45, 7) is 4.74. The largest absolute Gasteiger partial charge is 0.481 e. The highest BCUT2D eigenvalue weighted by atomic mass is 16.5. The summed E-state index contributed by atoms with van der Waals surface area (Å²) in [7, 11) is 0. The molecule has 0 aromatic heterocycles. The van der Waals surface area contributed by atoms with E-state index in [-0.39, 0.29) is 19.5 Å². The average molecular weight is 693 g/mol. The Kier molecular flexibility index (Phi) is 12.5. The molecule has 0 saturated heterocycles. The van der Waals surface area contributed by atoms with Gasteiger partial charge in [0, 0.05) is 26.2 Å². The topological polar surface area (TPSA) is 134 Å². The van der Waals surface area contributed by atoms with Crippen LogP contribution in [0.4, 0.5) is 0 Å². The van der Waals surface area contributed by atoms with Crippen LogP contribution in [0, 0.1) is 23.7 Å². The summed E-state index contributed by atoms with van der Waals surface area (Å²) < 4.78 is 11.8. The number of ether oxygens (including phenoxy) is 2. The second kappa shape index (κ2) is 17.3. The van der Waals surface area contributed by atoms with E-state index in [1.165, 1.54) is 0 Å². The number of rotatable bonds is 16. The van der Waals surface area contributed by atoms with Crippen molar-refractivity contribution in [3.05, 3.63) is 120 Å². The quantitative estimate of drug-likeness (QED) is 0.123. The maximum absolute atomic E-state index is 14.4. The van der Waals surface area contributed by atoms with Gasteiger partial charge in [-0.15, -0.1) is 0 Å². The van der Waals surface area contributed by atoms with Gasteiger partial charge in [0.2, 0.25) is 11.8 Å². The minimum Gasteiger partial charge on any atom is -0.481 e. The van der Waals surface area contributed by atoms with E-state index < -0.39 is 47.4 Å². The zero-order chi connectivity index (χ0) is 36.3. The lowest BCUT2D eigenvalue weighted by molar-refractivity contribution is -0.156. The molecule has 4 atom stereocenters. The monoisotopic (exact) mass is 692 g/mol. The molecule has 2 N–H and O–H groups in total. The van der Waals surface area contributed by atoms with E-state index in [9.17, 15) is 29.4 Å². The number of carboxylic acids is 2. The van der Waals surface area contributed by atoms with Crippen LogP contribution in [-0.4, -0.2) is 56.9 Å². The van der Waals surface area contributed by atoms with E-state index >= 15 is 0 Å². The van der Waals surface area contributed by atoms with E-state index in [4.69, 9.17) is 9.47 Å². The summed E-state index contributed by atoms with van der Waals surface area (Å²) in [6.07, 6.45) is 0.852. The highest BCUT2D eigenvalue weighted by molar-refractivity contribution is 5.95. The van der Waals surface area contributed by atoms with Crippen LogP contribution in [0.5, 0.6) is 23.0 Å². The fourth-order valence-electron chi connectivity index (χ4n) is 6.74. The number of nitrogens with zero attached hydrogens (tertiary/aromatic N) is 2. The number of carboxylic acid groups (broad SMARTS) is 2. The van der Waals surface area contributed by atoms with Crippen molar-refractivity contribution in [1.29, 1.82) is 0 Å². The van der Waals surface area contributed by atoms with Gasteiger partial charge in [0.15, 0.2) is 0 Å². The third kappa shape index (κ3) is 9.33. The molecule has 1 fully saturated rings. The Bertz CT molecular complexity index is 1630. The fraction of sp³-hybridized carbons (Fsp3) is 0.317. The third-order valence-corrected chi connectivity index (χ3v) is 9.13. The van der Waals surface area contributed by atoms with Gasteiger partial charge in [-0.1, -0.05) is 74.5 Å². The van der Waals surface area contributed by atoms with Crippen molar-refractivity contribution in [3.8, 4) is 23.0 Å². The minimum atomic E-state index is -1.34. The van der Waals surface area contributed by atoms with E-state index in [1.807, 2.05) is 98.8 Å². The molecule has 1 aliphatic carbocycles. The van der Waals surface area contributed by atoms with Gasteiger partial charge in [0.05, 0.1) is 23.7 Å². The van der Waals surface area contributed by atoms with Gasteiger partial charge >= 0.3 is 11.9 Å². The lowest BCUT2D eigenvalue weighted by Gasteiger charge is -2.33. The van der Waals surface area contributed by atoms with E-state index in [0.717, 1.165) is 11.1 Å². The van der Waals surface area contributed by atoms with E-state index in [0.29, 0.717) is 48.9 Å². The molecular weight excluding hydrogens is 648 g/mol. The molecule has 0 radical (unpaired) electrons. The van der Waals surface area contributed by atoms with Gasteiger partial charge in [-0.2, -0.15) is 0 Å². The highest BCUT2D eigenvalue weighted by Gasteiger charge is 2.57. The maximum atomic E-state index is 14.4. The first-order chi connectivity index (χ1) is 24.7. The molecule has 0 unspecified atom stereocenters. The SMILES string of the molecule is CCCN(Cc1ccc(Oc2ccccc2)cc1)C(=O)[C@@H]1[C@@H](C(=O)N(CCC)Cc2ccc(Oc3ccccc3)cc2)[C@@H](C(=O)O)C[C@@H]1C(=O)O. The summed E-state index contributed by atoms with van der Waals surface area (Å²) >= 11 is 0. The molecule has 0 bridgehead atoms. The molecule has 4 aromatic rings. The Balaban J connectivity index is 1.38. The van der Waals surface area contributed by atoms with E-state index in [2.05, 4.69) is 0 Å². The van der Waals surface area contributed by atoms with Crippen molar-refractivity contribution in [2.75, 3.05) is 13.1 Å². The standard InChI is InChI=1S/C41H44N2O8/c1-3-23-42(26-28-15-19-32(20-16-28)50-30-11-7-5-8-12-30)38(44)36-34(40(46)47)25-35(41(48)49)37(36)39(45)43(24-4-2)27-29-17-21-33(22-18-29)51-31-13-9-6-10-14-31/h5-22,34-37H,3-4,23-27H2,1-2H3,(H,46,47)(H,48,49)/t34-,35-,36-,37-/m0/s1. The molecule has 2 amide bonds. The van der Waals surface area contributed by atoms with Gasteiger partial charge < -0.3 is 29.5 Å². The zero-order valence-corrected chi connectivity index (χ0v) is 28.9. The number of carbonyl (C=O) groups excluding carboxylic acids is 2. The second-order valence-corrected chi connectivity index (χ2v) is 12.8. The van der Waals surface area contributed by atoms with Crippen LogP contribution in [0.1, 0.15) is 44.2 Å². The Labute approximate surface area is 298 Å². The van der Waals surface area contributed by atoms with Crippen LogP contribution in [0.15, 0.2) is 109 Å². The third-order valence-electron chi connectivity index (χ3n) is 9.13. The van der Waals surface area contributed by atoms with Crippen LogP contribution >= 0.6 is 0 Å². The molecule has 10 heteroatoms. The number of amides is 2. The van der Waals surface area contributed by atoms with Gasteiger partial charge in [-0.25, -0.2) is 0 Å². The summed E-state index contributed by atoms with van der Waals surface area (Å²) in [6, 6.07) is 33.2. The smallest absolute Gasteiger partial charge is 0.307 e. The molecule has 0 spiro atoms. The van der Waals surface area contributed by atoms with Crippen molar-refractivity contribution < 1.29 is 38.9 Å². The minimum absolute atomic E-state index is 0.163. The van der Waals surface area contributed by atoms with Crippen molar-refractivity contribution in [1.82, 2.24) is 9.80 Å². The fourth-order valence-corrected chi connectivity index (χ4v) is 6.74. The molecule has 51 heavy (non-hydrogen) atoms. The predicted molar refractivity (Wildman–Crippen MR) is 191 cm³/mol. The summed E-state index contributed by atoms with van der Waals surface area (Å²) in [5, 5.41) is 20.6. The Hall–Kier alpha value is -5.64. The molecular formula is C41H44N2O8. The molecule has 0 aliphatic heterocycles. The Morgan fingerprint density at radius 1 is 0.549 bits per heavy atom. The molecule has 266 valence electrons. The molecule has 10 nitrogen and oxygen atoms in total. The van der Waals surface area contributed by atoms with Gasteiger partial charge in [0.1, 0.15) is 23.0 Å². The molecule has 0 heterocycles. The lowest BCUT2D eigenvalue weighted by Crippen LogP contribution is -2.48. The van der Waals surface area contributed by atoms with Gasteiger partial charge in [-0.05, 0) is 78.9 Å². The van der Waals surface area contributed by atoms with E-state index in [1.54, 1.807) is 34.1 Å². The van der Waals surface area contributed by atoms with Crippen molar-refractivity contribution in [3.63, 3.8) is 0 Å². The summed E-state index contributed by atoms with van der Waals surface area (Å²) in [5.74, 6) is -6.38. The number of carbonyl (C=O) groups is 4. The summed E-state index contributed by atoms with van der Waals surface area (Å²) in [4.78, 5) is 57.2. The molecule has 1 saturated carbocycles. The van der Waals surface area contributed by atoms with Crippen LogP contribution < -0.4 is 9.47 Å². The summed E-state index contributed by atoms with van der Waals surface area (Å²) in [5.41, 5.74) is 1.57. The van der Waals surface area contributed by atoms with Gasteiger partial charge in [-0.3, -0.25) is 19.2 Å². The molecule has 5 rings (SSSR count). The van der Waals surface area contributed by atoms with Crippen LogP contribution in [0.2, 0.25) is 0 Å². The first-order valence-corrected chi connectivity index (χ1v) is 17.3. The van der Waals surface area contributed by atoms with Crippen molar-refractivity contribution in [2.24, 2.45) is 23.7 Å². The number of benzene rings is 4. The maximum Gasteiger partial charge on any atom is 0.307 e. The van der Waals surface area contributed by atoms with Crippen molar-refractivity contribution in [2.45, 2.75) is 46.2 Å². The highest BCUT2D eigenvalue weighted by Crippen LogP contribution is 2.45. The number of hydrogen-bond acceptors (Lipinski definition) is 6. The number of para-hydroxylation sites is 2. The average Bonchev–Trinajstić information content (AvgIpc) is 3.55. The normalized spacial score (nSPS) is 18.1. The Morgan fingerprint density at radius 3 is 1.20 bits per heavy atom. The molecule has 4 aromatic carbocycles. The van der Waals surface area contributed by atoms with Crippen LogP contribution in [-0.2, 0) is 32.3 Å². The van der Waals surface area contributed by atoms with Crippen LogP contribution in [0.3, 0.4) is 0 Å². The molecule has 1 aliphatic rings. The van der Waals surface area contributed by atoms with Crippen LogP contribution in [0.25, 0.3) is 0 Å². The number of hydrogen-bond donors (Lipinski definition) is 2. The van der Waals surface area contributed by atoms with Crippen molar-refractivity contribution >= 4 is 23.8 Å². The predicted octanol–water partition coefficient (Wildman–Crippen LogP) is 7.49.